The highest BCUT2D eigenvalue weighted by Gasteiger charge is 1.94. The summed E-state index contributed by atoms with van der Waals surface area (Å²) in [5, 5.41) is 0. The molecule has 1 rings (SSSR count). The Morgan fingerprint density at radius 1 is 1.67 bits per heavy atom. The van der Waals surface area contributed by atoms with Crippen molar-refractivity contribution in [2.24, 2.45) is 0 Å². The van der Waals surface area contributed by atoms with E-state index in [1.54, 1.807) is 11.5 Å². The maximum absolute atomic E-state index is 4.18. The molecule has 1 aromatic rings. The summed E-state index contributed by atoms with van der Waals surface area (Å²) >= 11 is 1.62. The molecule has 0 N–H and O–H groups in total. The lowest BCUT2D eigenvalue weighted by Gasteiger charge is -1.84. The molecule has 50 valence electrons. The van der Waals surface area contributed by atoms with Gasteiger partial charge < -0.3 is 0 Å². The lowest BCUT2D eigenvalue weighted by atomic mass is 10.3. The average Bonchev–Trinajstić information content (AvgIpc) is 2.17. The molecule has 0 bridgehead atoms. The molecule has 1 nitrogen and oxygen atoms in total. The topological polar surface area (TPSA) is 12.9 Å². The average molecular weight is 141 g/mol. The molecule has 0 radical (unpaired) electrons. The van der Waals surface area contributed by atoms with Crippen molar-refractivity contribution in [1.29, 1.82) is 0 Å². The summed E-state index contributed by atoms with van der Waals surface area (Å²) in [4.78, 5) is 1.41. The van der Waals surface area contributed by atoms with Crippen molar-refractivity contribution >= 4 is 11.5 Å². The Bertz CT molecular complexity index is 181. The minimum atomic E-state index is 1.16. The third-order valence-corrected chi connectivity index (χ3v) is 2.11. The van der Waals surface area contributed by atoms with E-state index in [2.05, 4.69) is 17.4 Å². The molecule has 0 fully saturated rings. The van der Waals surface area contributed by atoms with E-state index in [0.717, 1.165) is 5.69 Å². The van der Waals surface area contributed by atoms with Crippen molar-refractivity contribution in [2.75, 3.05) is 0 Å². The predicted molar refractivity (Wildman–Crippen MR) is 40.8 cm³/mol. The molecule has 0 atom stereocenters. The van der Waals surface area contributed by atoms with E-state index in [1.807, 2.05) is 6.92 Å². The highest BCUT2D eigenvalue weighted by atomic mass is 32.1. The van der Waals surface area contributed by atoms with Crippen molar-refractivity contribution in [3.05, 3.63) is 16.6 Å². The summed E-state index contributed by atoms with van der Waals surface area (Å²) in [5.41, 5.74) is 1.16. The van der Waals surface area contributed by atoms with Crippen molar-refractivity contribution in [1.82, 2.24) is 4.37 Å². The van der Waals surface area contributed by atoms with Crippen LogP contribution in [0.3, 0.4) is 0 Å². The van der Waals surface area contributed by atoms with Gasteiger partial charge in [-0.15, -0.1) is 0 Å². The number of aromatic nitrogens is 1. The minimum absolute atomic E-state index is 1.16. The van der Waals surface area contributed by atoms with E-state index < -0.39 is 0 Å². The quantitative estimate of drug-likeness (QED) is 0.616. The SMILES string of the molecule is CCCc1cc(C)ns1. The van der Waals surface area contributed by atoms with Crippen LogP contribution in [0, 0.1) is 6.92 Å². The molecule has 0 aromatic carbocycles. The number of rotatable bonds is 2. The van der Waals surface area contributed by atoms with Gasteiger partial charge in [-0.3, -0.25) is 0 Å². The molecule has 1 heterocycles. The lowest BCUT2D eigenvalue weighted by molar-refractivity contribution is 0.939. The molecular formula is C7H11NS. The third kappa shape index (κ3) is 1.79. The first kappa shape index (κ1) is 6.75. The molecule has 0 saturated heterocycles. The smallest absolute Gasteiger partial charge is 0.0514 e. The number of hydrogen-bond donors (Lipinski definition) is 0. The van der Waals surface area contributed by atoms with Crippen molar-refractivity contribution < 1.29 is 0 Å². The second kappa shape index (κ2) is 2.97. The summed E-state index contributed by atoms with van der Waals surface area (Å²) in [6.45, 7) is 4.23. The Kier molecular flexibility index (Phi) is 2.22. The van der Waals surface area contributed by atoms with E-state index in [-0.39, 0.29) is 0 Å². The van der Waals surface area contributed by atoms with Gasteiger partial charge >= 0.3 is 0 Å². The first-order chi connectivity index (χ1) is 4.33. The zero-order valence-electron chi connectivity index (χ0n) is 5.85. The standard InChI is InChI=1S/C7H11NS/c1-3-4-7-5-6(2)8-9-7/h5H,3-4H2,1-2H3. The number of nitrogens with zero attached hydrogens (tertiary/aromatic N) is 1. The summed E-state index contributed by atoms with van der Waals surface area (Å²) < 4.78 is 4.18. The molecule has 1 aromatic heterocycles. The van der Waals surface area contributed by atoms with Crippen LogP contribution in [0.5, 0.6) is 0 Å². The number of aryl methyl sites for hydroxylation is 2. The summed E-state index contributed by atoms with van der Waals surface area (Å²) in [7, 11) is 0. The Morgan fingerprint density at radius 2 is 2.44 bits per heavy atom. The Balaban J connectivity index is 2.61. The molecule has 0 unspecified atom stereocenters. The van der Waals surface area contributed by atoms with Crippen molar-refractivity contribution in [3.8, 4) is 0 Å². The summed E-state index contributed by atoms with van der Waals surface area (Å²) in [6.07, 6.45) is 2.41. The van der Waals surface area contributed by atoms with Gasteiger partial charge in [0.25, 0.3) is 0 Å². The molecule has 2 heteroatoms. The van der Waals surface area contributed by atoms with Gasteiger partial charge in [-0.2, -0.15) is 4.37 Å². The molecule has 0 aliphatic carbocycles. The lowest BCUT2D eigenvalue weighted by Crippen LogP contribution is -1.72. The van der Waals surface area contributed by atoms with E-state index >= 15 is 0 Å². The maximum atomic E-state index is 4.18. The Morgan fingerprint density at radius 3 is 2.89 bits per heavy atom. The van der Waals surface area contributed by atoms with Gasteiger partial charge in [-0.1, -0.05) is 13.3 Å². The van der Waals surface area contributed by atoms with Gasteiger partial charge in [0, 0.05) is 4.88 Å². The summed E-state index contributed by atoms with van der Waals surface area (Å²) in [6, 6.07) is 2.16. The second-order valence-corrected chi connectivity index (χ2v) is 3.07. The fourth-order valence-corrected chi connectivity index (χ4v) is 1.61. The van der Waals surface area contributed by atoms with E-state index in [0.29, 0.717) is 0 Å². The molecule has 9 heavy (non-hydrogen) atoms. The zero-order valence-corrected chi connectivity index (χ0v) is 6.66. The van der Waals surface area contributed by atoms with E-state index in [1.165, 1.54) is 17.7 Å². The monoisotopic (exact) mass is 141 g/mol. The highest BCUT2D eigenvalue weighted by Crippen LogP contribution is 2.10. The van der Waals surface area contributed by atoms with E-state index in [4.69, 9.17) is 0 Å². The largest absolute Gasteiger partial charge is 0.198 e. The third-order valence-electron chi connectivity index (χ3n) is 1.17. The van der Waals surface area contributed by atoms with Crippen molar-refractivity contribution in [3.63, 3.8) is 0 Å². The predicted octanol–water partition coefficient (Wildman–Crippen LogP) is 2.40. The highest BCUT2D eigenvalue weighted by molar-refractivity contribution is 7.05. The van der Waals surface area contributed by atoms with Crippen molar-refractivity contribution in [2.45, 2.75) is 26.7 Å². The Hall–Kier alpha value is -0.370. The van der Waals surface area contributed by atoms with Gasteiger partial charge in [0.1, 0.15) is 0 Å². The Labute approximate surface area is 59.9 Å². The first-order valence-electron chi connectivity index (χ1n) is 3.25. The van der Waals surface area contributed by atoms with Crippen LogP contribution in [0.15, 0.2) is 6.07 Å². The molecule has 0 saturated carbocycles. The van der Waals surface area contributed by atoms with Gasteiger partial charge in [0.2, 0.25) is 0 Å². The van der Waals surface area contributed by atoms with Crippen LogP contribution in [0.25, 0.3) is 0 Å². The van der Waals surface area contributed by atoms with E-state index in [9.17, 15) is 0 Å². The van der Waals surface area contributed by atoms with Crippen LogP contribution >= 0.6 is 11.5 Å². The van der Waals surface area contributed by atoms with Crippen LogP contribution in [0.1, 0.15) is 23.9 Å². The van der Waals surface area contributed by atoms with Crippen LogP contribution in [-0.2, 0) is 6.42 Å². The fraction of sp³-hybridized carbons (Fsp3) is 0.571. The first-order valence-corrected chi connectivity index (χ1v) is 4.02. The molecule has 0 spiro atoms. The van der Waals surface area contributed by atoms with Crippen LogP contribution in [0.4, 0.5) is 0 Å². The molecule has 0 aliphatic rings. The minimum Gasteiger partial charge on any atom is -0.198 e. The second-order valence-electron chi connectivity index (χ2n) is 2.18. The molecular weight excluding hydrogens is 130 g/mol. The summed E-state index contributed by atoms with van der Waals surface area (Å²) in [5.74, 6) is 0. The van der Waals surface area contributed by atoms with Gasteiger partial charge in [-0.05, 0) is 30.9 Å². The fourth-order valence-electron chi connectivity index (χ4n) is 0.781. The van der Waals surface area contributed by atoms with Crippen LogP contribution in [-0.4, -0.2) is 4.37 Å². The number of hydrogen-bond acceptors (Lipinski definition) is 2. The maximum Gasteiger partial charge on any atom is 0.0514 e. The van der Waals surface area contributed by atoms with Gasteiger partial charge in [-0.25, -0.2) is 0 Å². The van der Waals surface area contributed by atoms with Gasteiger partial charge in [0.05, 0.1) is 5.69 Å². The normalized spacial score (nSPS) is 10.0. The van der Waals surface area contributed by atoms with Gasteiger partial charge in [0.15, 0.2) is 0 Å². The van der Waals surface area contributed by atoms with Crippen LogP contribution < -0.4 is 0 Å². The zero-order chi connectivity index (χ0) is 6.69. The molecule has 0 amide bonds. The molecule has 0 aliphatic heterocycles. The van der Waals surface area contributed by atoms with Crippen LogP contribution in [0.2, 0.25) is 0 Å².